The van der Waals surface area contributed by atoms with E-state index in [9.17, 15) is 4.79 Å². The smallest absolute Gasteiger partial charge is 0.120 e. The molecule has 0 unspecified atom stereocenters. The van der Waals surface area contributed by atoms with Crippen molar-refractivity contribution in [1.82, 2.24) is 4.57 Å². The summed E-state index contributed by atoms with van der Waals surface area (Å²) in [6.07, 6.45) is 9.11. The molecule has 1 aromatic heterocycles. The van der Waals surface area contributed by atoms with Gasteiger partial charge in [-0.3, -0.25) is 0 Å². The zero-order chi connectivity index (χ0) is 20.4. The van der Waals surface area contributed by atoms with Crippen molar-refractivity contribution in [3.8, 4) is 11.3 Å². The summed E-state index contributed by atoms with van der Waals surface area (Å²) >= 11 is 0. The Balaban J connectivity index is 1.70. The molecule has 0 radical (unpaired) electrons. The minimum atomic E-state index is 0.223. The van der Waals surface area contributed by atoms with Crippen LogP contribution in [-0.2, 0) is 11.3 Å². The molecule has 0 spiro atoms. The van der Waals surface area contributed by atoms with Crippen LogP contribution in [0.3, 0.4) is 0 Å². The molecule has 2 heteroatoms. The molecule has 0 bridgehead atoms. The van der Waals surface area contributed by atoms with Crippen LogP contribution in [0.1, 0.15) is 44.9 Å². The van der Waals surface area contributed by atoms with E-state index in [4.69, 9.17) is 0 Å². The number of aldehydes is 1. The van der Waals surface area contributed by atoms with Gasteiger partial charge in [-0.05, 0) is 53.1 Å². The standard InChI is InChI=1S/C28H29NO/c30-19-9-18-28(16-7-2-8-17-28)21-29-26-15-14-22-10-5-6-13-24(22)25(26)20-27(29)23-11-3-1-4-12-23/h1,3-6,10-15,19-20H,2,7-9,16-18,21H2. The summed E-state index contributed by atoms with van der Waals surface area (Å²) in [4.78, 5) is 11.2. The van der Waals surface area contributed by atoms with Gasteiger partial charge < -0.3 is 9.36 Å². The Hall–Kier alpha value is -2.87. The summed E-state index contributed by atoms with van der Waals surface area (Å²) in [5, 5.41) is 3.93. The molecule has 152 valence electrons. The Bertz CT molecular complexity index is 1170. The molecule has 0 aliphatic heterocycles. The molecule has 0 atom stereocenters. The maximum absolute atomic E-state index is 11.2. The number of hydrogen-bond acceptors (Lipinski definition) is 1. The fourth-order valence-corrected chi connectivity index (χ4v) is 5.52. The van der Waals surface area contributed by atoms with Crippen LogP contribution in [0, 0.1) is 5.41 Å². The van der Waals surface area contributed by atoms with Gasteiger partial charge in [-0.25, -0.2) is 0 Å². The average molecular weight is 396 g/mol. The lowest BCUT2D eigenvalue weighted by atomic mass is 9.71. The van der Waals surface area contributed by atoms with Gasteiger partial charge in [0, 0.05) is 29.6 Å². The first-order chi connectivity index (χ1) is 14.8. The Morgan fingerprint density at radius 2 is 1.60 bits per heavy atom. The zero-order valence-electron chi connectivity index (χ0n) is 17.5. The van der Waals surface area contributed by atoms with E-state index in [1.807, 2.05) is 0 Å². The number of rotatable bonds is 6. The fraction of sp³-hybridized carbons (Fsp3) is 0.321. The molecule has 1 aliphatic carbocycles. The van der Waals surface area contributed by atoms with Crippen molar-refractivity contribution in [2.45, 2.75) is 51.5 Å². The quantitative estimate of drug-likeness (QED) is 0.312. The number of fused-ring (bicyclic) bond motifs is 3. The SMILES string of the molecule is O=CCCC1(Cn2c(-c3ccccc3)cc3c4ccccc4ccc32)CCCCC1. The number of carbonyl (C=O) groups is 1. The minimum Gasteiger partial charge on any atom is -0.340 e. The highest BCUT2D eigenvalue weighted by atomic mass is 16.1. The molecule has 5 rings (SSSR count). The highest BCUT2D eigenvalue weighted by molar-refractivity contribution is 6.08. The molecule has 1 heterocycles. The van der Waals surface area contributed by atoms with E-state index in [-0.39, 0.29) is 5.41 Å². The topological polar surface area (TPSA) is 22.0 Å². The van der Waals surface area contributed by atoms with E-state index < -0.39 is 0 Å². The van der Waals surface area contributed by atoms with Crippen molar-refractivity contribution in [2.75, 3.05) is 0 Å². The molecule has 4 aromatic rings. The van der Waals surface area contributed by atoms with Crippen molar-refractivity contribution in [3.05, 3.63) is 72.8 Å². The highest BCUT2D eigenvalue weighted by Crippen LogP contribution is 2.44. The van der Waals surface area contributed by atoms with Crippen molar-refractivity contribution in [2.24, 2.45) is 5.41 Å². The minimum absolute atomic E-state index is 0.223. The number of hydrogen-bond donors (Lipinski definition) is 0. The largest absolute Gasteiger partial charge is 0.340 e. The summed E-state index contributed by atoms with van der Waals surface area (Å²) in [7, 11) is 0. The number of carbonyl (C=O) groups excluding carboxylic acids is 1. The van der Waals surface area contributed by atoms with E-state index in [0.717, 1.165) is 19.3 Å². The van der Waals surface area contributed by atoms with Crippen molar-refractivity contribution >= 4 is 28.0 Å². The molecular weight excluding hydrogens is 366 g/mol. The molecule has 1 aliphatic rings. The number of aromatic nitrogens is 1. The zero-order valence-corrected chi connectivity index (χ0v) is 17.5. The van der Waals surface area contributed by atoms with Gasteiger partial charge >= 0.3 is 0 Å². The number of nitrogens with zero attached hydrogens (tertiary/aromatic N) is 1. The van der Waals surface area contributed by atoms with E-state index >= 15 is 0 Å². The fourth-order valence-electron chi connectivity index (χ4n) is 5.52. The van der Waals surface area contributed by atoms with E-state index in [1.54, 1.807) is 0 Å². The summed E-state index contributed by atoms with van der Waals surface area (Å²) in [6, 6.07) is 26.4. The summed E-state index contributed by atoms with van der Waals surface area (Å²) in [5.74, 6) is 0. The van der Waals surface area contributed by atoms with E-state index in [1.165, 1.54) is 65.0 Å². The van der Waals surface area contributed by atoms with Crippen molar-refractivity contribution < 1.29 is 4.79 Å². The lowest BCUT2D eigenvalue weighted by molar-refractivity contribution is -0.108. The van der Waals surface area contributed by atoms with Crippen LogP contribution in [0.4, 0.5) is 0 Å². The third-order valence-corrected chi connectivity index (χ3v) is 7.08. The third kappa shape index (κ3) is 3.45. The van der Waals surface area contributed by atoms with Crippen LogP contribution in [0.2, 0.25) is 0 Å². The number of benzene rings is 3. The monoisotopic (exact) mass is 395 g/mol. The molecule has 30 heavy (non-hydrogen) atoms. The van der Waals surface area contributed by atoms with Gasteiger partial charge in [0.15, 0.2) is 0 Å². The average Bonchev–Trinajstić information content (AvgIpc) is 3.17. The maximum atomic E-state index is 11.2. The van der Waals surface area contributed by atoms with Gasteiger partial charge in [0.1, 0.15) is 6.29 Å². The van der Waals surface area contributed by atoms with Crippen LogP contribution in [0.25, 0.3) is 32.9 Å². The second kappa shape index (κ2) is 8.10. The Labute approximate surface area is 178 Å². The van der Waals surface area contributed by atoms with Gasteiger partial charge in [-0.2, -0.15) is 0 Å². The van der Waals surface area contributed by atoms with Crippen molar-refractivity contribution in [3.63, 3.8) is 0 Å². The molecule has 0 saturated heterocycles. The Morgan fingerprint density at radius 1 is 0.833 bits per heavy atom. The van der Waals surface area contributed by atoms with E-state index in [0.29, 0.717) is 6.42 Å². The van der Waals surface area contributed by atoms with Crippen LogP contribution < -0.4 is 0 Å². The molecule has 1 fully saturated rings. The van der Waals surface area contributed by atoms with Crippen LogP contribution in [0.15, 0.2) is 72.8 Å². The summed E-state index contributed by atoms with van der Waals surface area (Å²) in [5.41, 5.74) is 4.08. The lowest BCUT2D eigenvalue weighted by Gasteiger charge is -2.38. The Morgan fingerprint density at radius 3 is 2.40 bits per heavy atom. The van der Waals surface area contributed by atoms with Gasteiger partial charge in [-0.1, -0.05) is 79.9 Å². The van der Waals surface area contributed by atoms with Gasteiger partial charge in [0.05, 0.1) is 0 Å². The van der Waals surface area contributed by atoms with Crippen LogP contribution >= 0.6 is 0 Å². The Kier molecular flexibility index (Phi) is 5.16. The second-order valence-corrected chi connectivity index (χ2v) is 8.97. The first-order valence-electron chi connectivity index (χ1n) is 11.3. The van der Waals surface area contributed by atoms with Crippen molar-refractivity contribution in [1.29, 1.82) is 0 Å². The second-order valence-electron chi connectivity index (χ2n) is 8.97. The molecule has 0 amide bonds. The summed E-state index contributed by atoms with van der Waals surface area (Å²) < 4.78 is 2.55. The molecule has 1 saturated carbocycles. The predicted molar refractivity (Wildman–Crippen MR) is 126 cm³/mol. The molecule has 2 nitrogen and oxygen atoms in total. The normalized spacial score (nSPS) is 16.1. The first kappa shape index (κ1) is 19.1. The van der Waals surface area contributed by atoms with E-state index in [2.05, 4.69) is 77.4 Å². The van der Waals surface area contributed by atoms with Crippen LogP contribution in [-0.4, -0.2) is 10.9 Å². The molecule has 3 aromatic carbocycles. The van der Waals surface area contributed by atoms with Gasteiger partial charge in [0.25, 0.3) is 0 Å². The lowest BCUT2D eigenvalue weighted by Crippen LogP contribution is -2.30. The molecule has 0 N–H and O–H groups in total. The summed E-state index contributed by atoms with van der Waals surface area (Å²) in [6.45, 7) is 0.993. The first-order valence-corrected chi connectivity index (χ1v) is 11.3. The third-order valence-electron chi connectivity index (χ3n) is 7.08. The highest BCUT2D eigenvalue weighted by Gasteiger charge is 2.33. The maximum Gasteiger partial charge on any atom is 0.120 e. The van der Waals surface area contributed by atoms with Gasteiger partial charge in [0.2, 0.25) is 0 Å². The van der Waals surface area contributed by atoms with Crippen LogP contribution in [0.5, 0.6) is 0 Å². The molecular formula is C28H29NO. The predicted octanol–water partition coefficient (Wildman–Crippen LogP) is 7.39. The van der Waals surface area contributed by atoms with Gasteiger partial charge in [-0.15, -0.1) is 0 Å².